The van der Waals surface area contributed by atoms with Crippen LogP contribution in [0.25, 0.3) is 11.2 Å². The quantitative estimate of drug-likeness (QED) is 0.548. The van der Waals surface area contributed by atoms with E-state index in [1.165, 1.54) is 19.3 Å². The highest BCUT2D eigenvalue weighted by Gasteiger charge is 2.30. The van der Waals surface area contributed by atoms with Gasteiger partial charge in [0.25, 0.3) is 5.91 Å². The highest BCUT2D eigenvalue weighted by molar-refractivity contribution is 6.12. The Labute approximate surface area is 178 Å². The predicted octanol–water partition coefficient (Wildman–Crippen LogP) is 5.48. The Bertz CT molecular complexity index is 1050. The summed E-state index contributed by atoms with van der Waals surface area (Å²) < 4.78 is 2.28. The van der Waals surface area contributed by atoms with Gasteiger partial charge in [-0.2, -0.15) is 0 Å². The normalized spacial score (nSPS) is 16.3. The Morgan fingerprint density at radius 1 is 1.13 bits per heavy atom. The van der Waals surface area contributed by atoms with Crippen LogP contribution in [0.1, 0.15) is 79.7 Å². The zero-order valence-electron chi connectivity index (χ0n) is 17.8. The van der Waals surface area contributed by atoms with E-state index >= 15 is 0 Å². The summed E-state index contributed by atoms with van der Waals surface area (Å²) in [4.78, 5) is 25.8. The SMILES string of the molecule is CCCCN(C(=O)c1cc(C2CC2)nc2c1nc1n2CCCCC1)c1ccccc1. The molecule has 0 N–H and O–H groups in total. The van der Waals surface area contributed by atoms with Crippen molar-refractivity contribution in [3.05, 3.63) is 53.5 Å². The zero-order chi connectivity index (χ0) is 20.5. The van der Waals surface area contributed by atoms with E-state index in [4.69, 9.17) is 9.97 Å². The minimum Gasteiger partial charge on any atom is -0.313 e. The van der Waals surface area contributed by atoms with Gasteiger partial charge in [-0.05, 0) is 50.3 Å². The van der Waals surface area contributed by atoms with Gasteiger partial charge < -0.3 is 9.47 Å². The molecule has 0 saturated heterocycles. The van der Waals surface area contributed by atoms with Crippen molar-refractivity contribution in [3.8, 4) is 0 Å². The fourth-order valence-electron chi connectivity index (χ4n) is 4.48. The maximum atomic E-state index is 13.9. The molecule has 1 fully saturated rings. The maximum absolute atomic E-state index is 13.9. The van der Waals surface area contributed by atoms with Gasteiger partial charge in [0.15, 0.2) is 5.65 Å². The van der Waals surface area contributed by atoms with Crippen molar-refractivity contribution in [3.63, 3.8) is 0 Å². The second-order valence-corrected chi connectivity index (χ2v) is 8.68. The van der Waals surface area contributed by atoms with Gasteiger partial charge in [0, 0.05) is 36.8 Å². The first-order valence-electron chi connectivity index (χ1n) is 11.5. The molecule has 0 atom stereocenters. The molecule has 1 aromatic carbocycles. The Kier molecular flexibility index (Phi) is 5.28. The molecule has 2 aliphatic rings. The van der Waals surface area contributed by atoms with Gasteiger partial charge in [-0.25, -0.2) is 9.97 Å². The van der Waals surface area contributed by atoms with E-state index in [0.717, 1.165) is 79.1 Å². The van der Waals surface area contributed by atoms with Crippen LogP contribution in [0.5, 0.6) is 0 Å². The summed E-state index contributed by atoms with van der Waals surface area (Å²) in [5.74, 6) is 1.65. The second kappa shape index (κ2) is 8.21. The smallest absolute Gasteiger partial charge is 0.260 e. The van der Waals surface area contributed by atoms with E-state index in [1.807, 2.05) is 41.3 Å². The molecule has 2 aromatic heterocycles. The van der Waals surface area contributed by atoms with Crippen molar-refractivity contribution >= 4 is 22.8 Å². The predicted molar refractivity (Wildman–Crippen MR) is 120 cm³/mol. The van der Waals surface area contributed by atoms with Gasteiger partial charge >= 0.3 is 0 Å². The van der Waals surface area contributed by atoms with Crippen molar-refractivity contribution in [1.29, 1.82) is 0 Å². The van der Waals surface area contributed by atoms with Crippen LogP contribution < -0.4 is 4.90 Å². The molecule has 5 nitrogen and oxygen atoms in total. The number of para-hydroxylation sites is 1. The lowest BCUT2D eigenvalue weighted by molar-refractivity contribution is 0.0988. The fraction of sp³-hybridized carbons (Fsp3) is 0.480. The zero-order valence-corrected chi connectivity index (χ0v) is 17.8. The minimum absolute atomic E-state index is 0.0530. The molecule has 0 radical (unpaired) electrons. The molecular weight excluding hydrogens is 372 g/mol. The average Bonchev–Trinajstić information content (AvgIpc) is 3.60. The number of hydrogen-bond acceptors (Lipinski definition) is 3. The highest BCUT2D eigenvalue weighted by atomic mass is 16.2. The number of imidazole rings is 1. The second-order valence-electron chi connectivity index (χ2n) is 8.68. The van der Waals surface area contributed by atoms with Crippen molar-refractivity contribution < 1.29 is 4.79 Å². The first kappa shape index (κ1) is 19.3. The number of benzene rings is 1. The number of hydrogen-bond donors (Lipinski definition) is 0. The standard InChI is InChI=1S/C25H30N4O/c1-2-3-15-28(19-10-6-4-7-11-19)25(30)20-17-21(18-13-14-18)26-24-23(20)27-22-12-8-5-9-16-29(22)24/h4,6-7,10-11,17-18H,2-3,5,8-9,12-16H2,1H3. The summed E-state index contributed by atoms with van der Waals surface area (Å²) in [6, 6.07) is 12.1. The molecule has 30 heavy (non-hydrogen) atoms. The van der Waals surface area contributed by atoms with E-state index in [1.54, 1.807) is 0 Å². The summed E-state index contributed by atoms with van der Waals surface area (Å²) in [6.45, 7) is 3.84. The summed E-state index contributed by atoms with van der Waals surface area (Å²) in [6.07, 6.45) is 8.90. The largest absolute Gasteiger partial charge is 0.313 e. The van der Waals surface area contributed by atoms with Gasteiger partial charge in [-0.1, -0.05) is 38.0 Å². The van der Waals surface area contributed by atoms with Gasteiger partial charge in [0.2, 0.25) is 0 Å². The summed E-state index contributed by atoms with van der Waals surface area (Å²) in [7, 11) is 0. The number of carbonyl (C=O) groups is 1. The number of fused-ring (bicyclic) bond motifs is 3. The van der Waals surface area contributed by atoms with Crippen LogP contribution in [0.15, 0.2) is 36.4 Å². The first-order valence-corrected chi connectivity index (χ1v) is 11.5. The topological polar surface area (TPSA) is 51.0 Å². The number of unbranched alkanes of at least 4 members (excludes halogenated alkanes) is 1. The van der Waals surface area contributed by atoms with Crippen molar-refractivity contribution in [2.75, 3.05) is 11.4 Å². The number of rotatable bonds is 6. The van der Waals surface area contributed by atoms with Crippen LogP contribution in [-0.2, 0) is 13.0 Å². The summed E-state index contributed by atoms with van der Waals surface area (Å²) in [5.41, 5.74) is 4.46. The van der Waals surface area contributed by atoms with Gasteiger partial charge in [0.1, 0.15) is 11.3 Å². The van der Waals surface area contributed by atoms with Crippen LogP contribution in [0.3, 0.4) is 0 Å². The summed E-state index contributed by atoms with van der Waals surface area (Å²) >= 11 is 0. The molecule has 0 unspecified atom stereocenters. The van der Waals surface area contributed by atoms with Gasteiger partial charge in [-0.3, -0.25) is 4.79 Å². The Hall–Kier alpha value is -2.69. The molecule has 3 heterocycles. The fourth-order valence-corrected chi connectivity index (χ4v) is 4.48. The summed E-state index contributed by atoms with van der Waals surface area (Å²) in [5, 5.41) is 0. The average molecular weight is 403 g/mol. The van der Waals surface area contributed by atoms with E-state index in [9.17, 15) is 4.79 Å². The Balaban J connectivity index is 1.63. The lowest BCUT2D eigenvalue weighted by Gasteiger charge is -2.23. The number of anilines is 1. The van der Waals surface area contributed by atoms with E-state index in [2.05, 4.69) is 11.5 Å². The lowest BCUT2D eigenvalue weighted by Crippen LogP contribution is -2.32. The third kappa shape index (κ3) is 3.62. The lowest BCUT2D eigenvalue weighted by atomic mass is 10.1. The number of pyridine rings is 1. The van der Waals surface area contributed by atoms with Crippen LogP contribution >= 0.6 is 0 Å². The Morgan fingerprint density at radius 3 is 2.73 bits per heavy atom. The van der Waals surface area contributed by atoms with Gasteiger partial charge in [-0.15, -0.1) is 0 Å². The molecule has 1 aliphatic carbocycles. The van der Waals surface area contributed by atoms with Crippen molar-refractivity contribution in [1.82, 2.24) is 14.5 Å². The molecule has 156 valence electrons. The number of aryl methyl sites for hydroxylation is 2. The Morgan fingerprint density at radius 2 is 1.97 bits per heavy atom. The molecule has 1 aliphatic heterocycles. The molecule has 1 amide bonds. The highest BCUT2D eigenvalue weighted by Crippen LogP contribution is 2.40. The minimum atomic E-state index is 0.0530. The molecule has 1 saturated carbocycles. The number of nitrogens with zero attached hydrogens (tertiary/aromatic N) is 4. The first-order chi connectivity index (χ1) is 14.8. The van der Waals surface area contributed by atoms with Crippen molar-refractivity contribution in [2.24, 2.45) is 0 Å². The van der Waals surface area contributed by atoms with E-state index in [-0.39, 0.29) is 5.91 Å². The van der Waals surface area contributed by atoms with Crippen LogP contribution in [0.4, 0.5) is 5.69 Å². The van der Waals surface area contributed by atoms with Gasteiger partial charge in [0.05, 0.1) is 5.56 Å². The number of amides is 1. The molecular formula is C25H30N4O. The molecule has 0 spiro atoms. The molecule has 0 bridgehead atoms. The molecule has 3 aromatic rings. The molecule has 5 heteroatoms. The van der Waals surface area contributed by atoms with E-state index < -0.39 is 0 Å². The maximum Gasteiger partial charge on any atom is 0.260 e. The third-order valence-electron chi connectivity index (χ3n) is 6.36. The van der Waals surface area contributed by atoms with Crippen molar-refractivity contribution in [2.45, 2.75) is 70.8 Å². The molecule has 5 rings (SSSR count). The number of aromatic nitrogens is 3. The van der Waals surface area contributed by atoms with Crippen LogP contribution in [0.2, 0.25) is 0 Å². The van der Waals surface area contributed by atoms with Crippen LogP contribution in [-0.4, -0.2) is 27.0 Å². The monoisotopic (exact) mass is 402 g/mol. The van der Waals surface area contributed by atoms with E-state index in [0.29, 0.717) is 5.92 Å². The third-order valence-corrected chi connectivity index (χ3v) is 6.36. The van der Waals surface area contributed by atoms with Crippen LogP contribution in [0, 0.1) is 0 Å². The number of carbonyl (C=O) groups excluding carboxylic acids is 1.